The fourth-order valence-electron chi connectivity index (χ4n) is 1.78. The molecule has 1 amide bonds. The topological polar surface area (TPSA) is 55.1 Å². The summed E-state index contributed by atoms with van der Waals surface area (Å²) in [6.45, 7) is 0.421. The van der Waals surface area contributed by atoms with Crippen LogP contribution in [0, 0.1) is 5.82 Å². The molecule has 3 N–H and O–H groups in total. The van der Waals surface area contributed by atoms with Gasteiger partial charge in [-0.05, 0) is 42.3 Å². The predicted molar refractivity (Wildman–Crippen MR) is 78.3 cm³/mol. The highest BCUT2D eigenvalue weighted by molar-refractivity contribution is 6.30. The third-order valence-electron chi connectivity index (χ3n) is 2.85. The van der Waals surface area contributed by atoms with Crippen molar-refractivity contribution in [3.63, 3.8) is 0 Å². The molecule has 0 aromatic heterocycles. The predicted octanol–water partition coefficient (Wildman–Crippen LogP) is 3.03. The standard InChI is InChI=1S/C15H14ClFN2O/c16-11-3-1-10(2-4-11)7-8-19-15(20)13-6-5-12(18)9-14(13)17/h1-6,9H,7-8,18H2,(H,19,20). The van der Waals surface area contributed by atoms with E-state index in [4.69, 9.17) is 17.3 Å². The van der Waals surface area contributed by atoms with Gasteiger partial charge in [-0.15, -0.1) is 0 Å². The van der Waals surface area contributed by atoms with Gasteiger partial charge in [-0.2, -0.15) is 0 Å². The second-order valence-corrected chi connectivity index (χ2v) is 4.81. The Morgan fingerprint density at radius 1 is 1.20 bits per heavy atom. The van der Waals surface area contributed by atoms with Crippen molar-refractivity contribution in [1.82, 2.24) is 5.32 Å². The van der Waals surface area contributed by atoms with E-state index in [-0.39, 0.29) is 5.56 Å². The summed E-state index contributed by atoms with van der Waals surface area (Å²) in [7, 11) is 0. The zero-order valence-electron chi connectivity index (χ0n) is 10.7. The minimum Gasteiger partial charge on any atom is -0.399 e. The summed E-state index contributed by atoms with van der Waals surface area (Å²) in [5.41, 5.74) is 6.77. The highest BCUT2D eigenvalue weighted by Gasteiger charge is 2.10. The summed E-state index contributed by atoms with van der Waals surface area (Å²) in [5.74, 6) is -1.06. The van der Waals surface area contributed by atoms with E-state index in [0.29, 0.717) is 23.7 Å². The van der Waals surface area contributed by atoms with Crippen molar-refractivity contribution >= 4 is 23.2 Å². The average Bonchev–Trinajstić information content (AvgIpc) is 2.41. The molecule has 0 aliphatic heterocycles. The molecule has 2 aromatic rings. The molecule has 5 heteroatoms. The number of carbonyl (C=O) groups is 1. The van der Waals surface area contributed by atoms with Crippen LogP contribution in [0.5, 0.6) is 0 Å². The molecule has 2 aromatic carbocycles. The Kier molecular flexibility index (Phi) is 4.58. The number of carbonyl (C=O) groups excluding carboxylic acids is 1. The summed E-state index contributed by atoms with van der Waals surface area (Å²) in [4.78, 5) is 11.8. The summed E-state index contributed by atoms with van der Waals surface area (Å²) >= 11 is 5.78. The molecule has 0 heterocycles. The van der Waals surface area contributed by atoms with Crippen LogP contribution in [0.25, 0.3) is 0 Å². The number of anilines is 1. The molecule has 104 valence electrons. The first-order valence-corrected chi connectivity index (χ1v) is 6.52. The van der Waals surface area contributed by atoms with Crippen molar-refractivity contribution in [2.75, 3.05) is 12.3 Å². The normalized spacial score (nSPS) is 10.3. The maximum absolute atomic E-state index is 13.5. The lowest BCUT2D eigenvalue weighted by Crippen LogP contribution is -2.26. The third kappa shape index (κ3) is 3.71. The number of rotatable bonds is 4. The number of benzene rings is 2. The molecule has 0 saturated heterocycles. The number of hydrogen-bond acceptors (Lipinski definition) is 2. The SMILES string of the molecule is Nc1ccc(C(=O)NCCc2ccc(Cl)cc2)c(F)c1. The van der Waals surface area contributed by atoms with Crippen LogP contribution < -0.4 is 11.1 Å². The fourth-order valence-corrected chi connectivity index (χ4v) is 1.91. The first-order chi connectivity index (χ1) is 9.56. The van der Waals surface area contributed by atoms with E-state index in [9.17, 15) is 9.18 Å². The third-order valence-corrected chi connectivity index (χ3v) is 3.10. The van der Waals surface area contributed by atoms with Crippen molar-refractivity contribution < 1.29 is 9.18 Å². The van der Waals surface area contributed by atoms with E-state index in [1.165, 1.54) is 12.1 Å². The zero-order chi connectivity index (χ0) is 14.5. The van der Waals surface area contributed by atoms with Crippen molar-refractivity contribution in [2.45, 2.75) is 6.42 Å². The summed E-state index contributed by atoms with van der Waals surface area (Å²) in [6, 6.07) is 11.4. The van der Waals surface area contributed by atoms with Gasteiger partial charge in [0.1, 0.15) is 5.82 Å². The van der Waals surface area contributed by atoms with Gasteiger partial charge in [0.05, 0.1) is 5.56 Å². The molecule has 0 saturated carbocycles. The quantitative estimate of drug-likeness (QED) is 0.851. The van der Waals surface area contributed by atoms with E-state index >= 15 is 0 Å². The van der Waals surface area contributed by atoms with Crippen LogP contribution >= 0.6 is 11.6 Å². The minimum atomic E-state index is -0.617. The summed E-state index contributed by atoms with van der Waals surface area (Å²) in [6.07, 6.45) is 0.652. The monoisotopic (exact) mass is 292 g/mol. The van der Waals surface area contributed by atoms with Crippen molar-refractivity contribution in [2.24, 2.45) is 0 Å². The maximum Gasteiger partial charge on any atom is 0.254 e. The number of nitrogen functional groups attached to an aromatic ring is 1. The van der Waals surface area contributed by atoms with E-state index in [0.717, 1.165) is 11.6 Å². The highest BCUT2D eigenvalue weighted by atomic mass is 35.5. The van der Waals surface area contributed by atoms with Gasteiger partial charge in [-0.3, -0.25) is 4.79 Å². The van der Waals surface area contributed by atoms with Crippen molar-refractivity contribution in [3.8, 4) is 0 Å². The van der Waals surface area contributed by atoms with E-state index in [1.807, 2.05) is 12.1 Å². The van der Waals surface area contributed by atoms with Crippen LogP contribution in [-0.4, -0.2) is 12.5 Å². The van der Waals surface area contributed by atoms with Crippen LogP contribution in [0.4, 0.5) is 10.1 Å². The van der Waals surface area contributed by atoms with Gasteiger partial charge in [0.2, 0.25) is 0 Å². The molecule has 0 atom stereocenters. The van der Waals surface area contributed by atoms with Crippen molar-refractivity contribution in [1.29, 1.82) is 0 Å². The Morgan fingerprint density at radius 3 is 2.55 bits per heavy atom. The lowest BCUT2D eigenvalue weighted by molar-refractivity contribution is 0.0950. The van der Waals surface area contributed by atoms with Gasteiger partial charge in [0.15, 0.2) is 0 Å². The molecule has 3 nitrogen and oxygen atoms in total. The zero-order valence-corrected chi connectivity index (χ0v) is 11.5. The Hall–Kier alpha value is -2.07. The number of halogens is 2. The number of amides is 1. The molecular weight excluding hydrogens is 279 g/mol. The van der Waals surface area contributed by atoms with Crippen LogP contribution in [-0.2, 0) is 6.42 Å². The Labute approximate surface area is 121 Å². The summed E-state index contributed by atoms with van der Waals surface area (Å²) in [5, 5.41) is 3.34. The summed E-state index contributed by atoms with van der Waals surface area (Å²) < 4.78 is 13.5. The van der Waals surface area contributed by atoms with E-state index in [1.54, 1.807) is 12.1 Å². The van der Waals surface area contributed by atoms with E-state index in [2.05, 4.69) is 5.32 Å². The lowest BCUT2D eigenvalue weighted by Gasteiger charge is -2.07. The first kappa shape index (κ1) is 14.3. The molecule has 0 bridgehead atoms. The Morgan fingerprint density at radius 2 is 1.90 bits per heavy atom. The minimum absolute atomic E-state index is 0.00435. The van der Waals surface area contributed by atoms with Gasteiger partial charge in [0.25, 0.3) is 5.91 Å². The van der Waals surface area contributed by atoms with Crippen LogP contribution in [0.3, 0.4) is 0 Å². The molecular formula is C15H14ClFN2O. The maximum atomic E-state index is 13.5. The molecule has 0 unspecified atom stereocenters. The lowest BCUT2D eigenvalue weighted by atomic mass is 10.1. The largest absolute Gasteiger partial charge is 0.399 e. The number of nitrogens with two attached hydrogens (primary N) is 1. The number of nitrogens with one attached hydrogen (secondary N) is 1. The molecule has 0 aliphatic rings. The molecule has 20 heavy (non-hydrogen) atoms. The molecule has 0 aliphatic carbocycles. The smallest absolute Gasteiger partial charge is 0.254 e. The van der Waals surface area contributed by atoms with Crippen LogP contribution in [0.1, 0.15) is 15.9 Å². The van der Waals surface area contributed by atoms with Gasteiger partial charge in [-0.1, -0.05) is 23.7 Å². The van der Waals surface area contributed by atoms with E-state index < -0.39 is 11.7 Å². The van der Waals surface area contributed by atoms with Crippen LogP contribution in [0.2, 0.25) is 5.02 Å². The second-order valence-electron chi connectivity index (χ2n) is 4.37. The van der Waals surface area contributed by atoms with Gasteiger partial charge in [0, 0.05) is 17.3 Å². The molecule has 0 fully saturated rings. The first-order valence-electron chi connectivity index (χ1n) is 6.14. The van der Waals surface area contributed by atoms with Crippen molar-refractivity contribution in [3.05, 3.63) is 64.4 Å². The van der Waals surface area contributed by atoms with Gasteiger partial charge < -0.3 is 11.1 Å². The van der Waals surface area contributed by atoms with Gasteiger partial charge >= 0.3 is 0 Å². The Bertz CT molecular complexity index is 614. The van der Waals surface area contributed by atoms with Gasteiger partial charge in [-0.25, -0.2) is 4.39 Å². The van der Waals surface area contributed by atoms with Crippen LogP contribution in [0.15, 0.2) is 42.5 Å². The fraction of sp³-hybridized carbons (Fsp3) is 0.133. The molecule has 2 rings (SSSR count). The molecule has 0 spiro atoms. The second kappa shape index (κ2) is 6.39. The molecule has 0 radical (unpaired) electrons. The average molecular weight is 293 g/mol. The highest BCUT2D eigenvalue weighted by Crippen LogP contribution is 2.12. The Balaban J connectivity index is 1.90. The number of hydrogen-bond donors (Lipinski definition) is 2.